The number of carbonyl (C=O) groups is 1. The summed E-state index contributed by atoms with van der Waals surface area (Å²) in [6, 6.07) is 13.2. The quantitative estimate of drug-likeness (QED) is 0.839. The molecule has 1 aliphatic rings. The third-order valence-electron chi connectivity index (χ3n) is 4.05. The van der Waals surface area contributed by atoms with Gasteiger partial charge in [-0.05, 0) is 48.0 Å². The van der Waals surface area contributed by atoms with E-state index in [0.717, 1.165) is 17.0 Å². The highest BCUT2D eigenvalue weighted by molar-refractivity contribution is 6.01. The van der Waals surface area contributed by atoms with Crippen molar-refractivity contribution < 1.29 is 18.8 Å². The maximum atomic E-state index is 13.3. The number of hydrogen-bond donors (Lipinski definition) is 0. The van der Waals surface area contributed by atoms with E-state index in [0.29, 0.717) is 18.5 Å². The van der Waals surface area contributed by atoms with Crippen LogP contribution in [0.15, 0.2) is 53.7 Å². The molecule has 130 valence electrons. The van der Waals surface area contributed by atoms with Crippen molar-refractivity contribution in [2.45, 2.75) is 12.5 Å². The van der Waals surface area contributed by atoms with Crippen LogP contribution in [0.25, 0.3) is 0 Å². The first-order chi connectivity index (χ1) is 12.1. The molecule has 0 radical (unpaired) electrons. The average Bonchev–Trinajstić information content (AvgIpc) is 3.09. The van der Waals surface area contributed by atoms with Gasteiger partial charge in [0.05, 0.1) is 19.4 Å². The molecule has 1 unspecified atom stereocenters. The van der Waals surface area contributed by atoms with Crippen molar-refractivity contribution >= 4 is 11.6 Å². The van der Waals surface area contributed by atoms with Gasteiger partial charge in [-0.3, -0.25) is 4.79 Å². The molecule has 1 amide bonds. The van der Waals surface area contributed by atoms with E-state index in [2.05, 4.69) is 5.16 Å². The van der Waals surface area contributed by atoms with Crippen molar-refractivity contribution in [1.29, 1.82) is 0 Å². The monoisotopic (exact) mass is 342 g/mol. The zero-order valence-corrected chi connectivity index (χ0v) is 14.1. The molecule has 0 fully saturated rings. The van der Waals surface area contributed by atoms with Crippen molar-refractivity contribution in [2.24, 2.45) is 5.16 Å². The van der Waals surface area contributed by atoms with Crippen LogP contribution in [-0.4, -0.2) is 43.3 Å². The van der Waals surface area contributed by atoms with Crippen molar-refractivity contribution in [1.82, 2.24) is 4.90 Å². The lowest BCUT2D eigenvalue weighted by Gasteiger charge is -2.20. The summed E-state index contributed by atoms with van der Waals surface area (Å²) in [6.07, 6.45) is 0.382. The molecule has 0 spiro atoms. The minimum Gasteiger partial charge on any atom is -0.497 e. The highest BCUT2D eigenvalue weighted by atomic mass is 19.1. The number of ether oxygens (including phenoxy) is 1. The summed E-state index contributed by atoms with van der Waals surface area (Å²) in [5.41, 5.74) is 2.11. The Morgan fingerprint density at radius 1 is 1.32 bits per heavy atom. The number of likely N-dealkylation sites (N-methyl/N-ethyl adjacent to an activating group) is 1. The summed E-state index contributed by atoms with van der Waals surface area (Å²) in [4.78, 5) is 19.3. The number of halogens is 1. The lowest BCUT2D eigenvalue weighted by atomic mass is 10.0. The highest BCUT2D eigenvalue weighted by Gasteiger charge is 2.25. The molecule has 0 saturated heterocycles. The number of carbonyl (C=O) groups excluding carboxylic acids is 1. The van der Waals surface area contributed by atoms with Crippen molar-refractivity contribution in [2.75, 3.05) is 20.7 Å². The van der Waals surface area contributed by atoms with Crippen LogP contribution in [0.3, 0.4) is 0 Å². The molecular formula is C19H19FN2O3. The van der Waals surface area contributed by atoms with Gasteiger partial charge in [0.2, 0.25) is 0 Å². The molecular weight excluding hydrogens is 323 g/mol. The Morgan fingerprint density at radius 2 is 2.08 bits per heavy atom. The van der Waals surface area contributed by atoms with Gasteiger partial charge in [-0.1, -0.05) is 11.2 Å². The minimum absolute atomic E-state index is 0.223. The van der Waals surface area contributed by atoms with Crippen LogP contribution in [0.1, 0.15) is 22.3 Å². The van der Waals surface area contributed by atoms with Gasteiger partial charge in [0.1, 0.15) is 11.6 Å². The molecule has 1 atom stereocenters. The first-order valence-electron chi connectivity index (χ1n) is 7.95. The summed E-state index contributed by atoms with van der Waals surface area (Å²) >= 11 is 0. The van der Waals surface area contributed by atoms with E-state index in [1.165, 1.54) is 23.1 Å². The van der Waals surface area contributed by atoms with Crippen molar-refractivity contribution in [3.63, 3.8) is 0 Å². The summed E-state index contributed by atoms with van der Waals surface area (Å²) in [7, 11) is 3.29. The fraction of sp³-hybridized carbons (Fsp3) is 0.263. The number of methoxy groups -OCH3 is 1. The van der Waals surface area contributed by atoms with Crippen LogP contribution in [0, 0.1) is 5.82 Å². The SMILES string of the molecule is COc1ccc(C2=NOC(CN(C)C(=O)c3cccc(F)c3)C2)cc1. The number of nitrogens with zero attached hydrogens (tertiary/aromatic N) is 2. The summed E-state index contributed by atoms with van der Waals surface area (Å²) in [5, 5.41) is 4.12. The average molecular weight is 342 g/mol. The topological polar surface area (TPSA) is 51.1 Å². The Hall–Kier alpha value is -2.89. The third-order valence-corrected chi connectivity index (χ3v) is 4.05. The molecule has 1 heterocycles. The van der Waals surface area contributed by atoms with Gasteiger partial charge >= 0.3 is 0 Å². The van der Waals surface area contributed by atoms with Crippen LogP contribution in [0.4, 0.5) is 4.39 Å². The zero-order valence-electron chi connectivity index (χ0n) is 14.1. The highest BCUT2D eigenvalue weighted by Crippen LogP contribution is 2.20. The number of rotatable bonds is 5. The number of hydrogen-bond acceptors (Lipinski definition) is 4. The maximum absolute atomic E-state index is 13.3. The number of benzene rings is 2. The molecule has 0 aromatic heterocycles. The fourth-order valence-electron chi connectivity index (χ4n) is 2.71. The molecule has 3 rings (SSSR count). The Balaban J connectivity index is 1.58. The standard InChI is InChI=1S/C19H19FN2O3/c1-22(19(23)14-4-3-5-15(20)10-14)12-17-11-18(21-25-17)13-6-8-16(24-2)9-7-13/h3-10,17H,11-12H2,1-2H3. The normalized spacial score (nSPS) is 16.1. The lowest BCUT2D eigenvalue weighted by Crippen LogP contribution is -2.34. The summed E-state index contributed by atoms with van der Waals surface area (Å²) < 4.78 is 18.4. The lowest BCUT2D eigenvalue weighted by molar-refractivity contribution is 0.0482. The van der Waals surface area contributed by atoms with Gasteiger partial charge in [-0.2, -0.15) is 0 Å². The molecule has 0 bridgehead atoms. The molecule has 6 heteroatoms. The van der Waals surface area contributed by atoms with E-state index in [1.54, 1.807) is 20.2 Å². The number of amides is 1. The minimum atomic E-state index is -0.429. The van der Waals surface area contributed by atoms with E-state index in [1.807, 2.05) is 24.3 Å². The van der Waals surface area contributed by atoms with E-state index in [9.17, 15) is 9.18 Å². The van der Waals surface area contributed by atoms with Crippen LogP contribution in [0.5, 0.6) is 5.75 Å². The maximum Gasteiger partial charge on any atom is 0.253 e. The zero-order chi connectivity index (χ0) is 17.8. The fourth-order valence-corrected chi connectivity index (χ4v) is 2.71. The second-order valence-corrected chi connectivity index (χ2v) is 5.89. The smallest absolute Gasteiger partial charge is 0.253 e. The Labute approximate surface area is 145 Å². The molecule has 1 aliphatic heterocycles. The van der Waals surface area contributed by atoms with Gasteiger partial charge < -0.3 is 14.5 Å². The van der Waals surface area contributed by atoms with Gasteiger partial charge in [0, 0.05) is 19.0 Å². The molecule has 2 aromatic carbocycles. The molecule has 0 saturated carbocycles. The molecule has 25 heavy (non-hydrogen) atoms. The second-order valence-electron chi connectivity index (χ2n) is 5.89. The van der Waals surface area contributed by atoms with Crippen LogP contribution >= 0.6 is 0 Å². The molecule has 5 nitrogen and oxygen atoms in total. The first-order valence-corrected chi connectivity index (χ1v) is 7.95. The Kier molecular flexibility index (Phi) is 4.97. The van der Waals surface area contributed by atoms with E-state index in [-0.39, 0.29) is 12.0 Å². The van der Waals surface area contributed by atoms with Crippen LogP contribution in [-0.2, 0) is 4.84 Å². The van der Waals surface area contributed by atoms with Gasteiger partial charge in [-0.25, -0.2) is 4.39 Å². The molecule has 2 aromatic rings. The predicted molar refractivity (Wildman–Crippen MR) is 92.4 cm³/mol. The molecule has 0 aliphatic carbocycles. The van der Waals surface area contributed by atoms with Crippen LogP contribution < -0.4 is 4.74 Å². The largest absolute Gasteiger partial charge is 0.497 e. The van der Waals surface area contributed by atoms with Crippen LogP contribution in [0.2, 0.25) is 0 Å². The summed E-state index contributed by atoms with van der Waals surface area (Å²) in [6.45, 7) is 0.374. The van der Waals surface area contributed by atoms with Gasteiger partial charge in [-0.15, -0.1) is 0 Å². The Bertz CT molecular complexity index is 790. The first kappa shape index (κ1) is 17.0. The van der Waals surface area contributed by atoms with Gasteiger partial charge in [0.25, 0.3) is 5.91 Å². The Morgan fingerprint density at radius 3 is 2.76 bits per heavy atom. The van der Waals surface area contributed by atoms with E-state index in [4.69, 9.17) is 9.57 Å². The van der Waals surface area contributed by atoms with E-state index >= 15 is 0 Å². The second kappa shape index (κ2) is 7.34. The summed E-state index contributed by atoms with van der Waals surface area (Å²) in [5.74, 6) is 0.0997. The third kappa shape index (κ3) is 3.96. The van der Waals surface area contributed by atoms with Crippen molar-refractivity contribution in [3.8, 4) is 5.75 Å². The molecule has 0 N–H and O–H groups in total. The van der Waals surface area contributed by atoms with Crippen molar-refractivity contribution in [3.05, 3.63) is 65.5 Å². The predicted octanol–water partition coefficient (Wildman–Crippen LogP) is 3.10. The van der Waals surface area contributed by atoms with Gasteiger partial charge in [0.15, 0.2) is 6.10 Å². The van der Waals surface area contributed by atoms with E-state index < -0.39 is 5.82 Å². The number of oxime groups is 1.